The zero-order valence-electron chi connectivity index (χ0n) is 12.2. The van der Waals surface area contributed by atoms with Crippen LogP contribution in [-0.4, -0.2) is 43.0 Å². The van der Waals surface area contributed by atoms with Gasteiger partial charge < -0.3 is 15.0 Å². The number of ether oxygens (including phenoxy) is 1. The van der Waals surface area contributed by atoms with E-state index in [4.69, 9.17) is 4.74 Å². The minimum Gasteiger partial charge on any atom is -0.376 e. The van der Waals surface area contributed by atoms with Crippen molar-refractivity contribution < 1.29 is 18.7 Å². The van der Waals surface area contributed by atoms with E-state index in [1.165, 1.54) is 18.0 Å². The zero-order valence-corrected chi connectivity index (χ0v) is 12.2. The molecular formula is C15H19FN2O3. The molecule has 6 heteroatoms. The summed E-state index contributed by atoms with van der Waals surface area (Å²) in [6, 6.07) is 4.64. The fourth-order valence-electron chi connectivity index (χ4n) is 2.27. The number of halogens is 1. The van der Waals surface area contributed by atoms with E-state index in [9.17, 15) is 14.0 Å². The van der Waals surface area contributed by atoms with Gasteiger partial charge in [0.15, 0.2) is 0 Å². The zero-order chi connectivity index (χ0) is 15.4. The summed E-state index contributed by atoms with van der Waals surface area (Å²) in [5.41, 5.74) is 0.423. The van der Waals surface area contributed by atoms with Crippen molar-refractivity contribution in [2.75, 3.05) is 25.5 Å². The normalized spacial score (nSPS) is 17.6. The number of anilines is 1. The van der Waals surface area contributed by atoms with Crippen molar-refractivity contribution in [1.29, 1.82) is 0 Å². The Balaban J connectivity index is 1.95. The molecule has 0 saturated carbocycles. The summed E-state index contributed by atoms with van der Waals surface area (Å²) in [6.45, 7) is 2.65. The van der Waals surface area contributed by atoms with E-state index in [0.717, 1.165) is 12.8 Å². The van der Waals surface area contributed by atoms with Gasteiger partial charge in [-0.2, -0.15) is 0 Å². The first-order valence-corrected chi connectivity index (χ1v) is 6.92. The Labute approximate surface area is 123 Å². The van der Waals surface area contributed by atoms with Crippen LogP contribution in [0, 0.1) is 12.7 Å². The van der Waals surface area contributed by atoms with Gasteiger partial charge in [0.1, 0.15) is 5.82 Å². The molecule has 114 valence electrons. The second-order valence-corrected chi connectivity index (χ2v) is 5.21. The second kappa shape index (κ2) is 6.67. The number of nitrogens with one attached hydrogen (secondary N) is 1. The number of benzene rings is 1. The molecule has 2 amide bonds. The summed E-state index contributed by atoms with van der Waals surface area (Å²) in [5.74, 6) is -2.08. The highest BCUT2D eigenvalue weighted by atomic mass is 19.1. The minimum absolute atomic E-state index is 0.0128. The van der Waals surface area contributed by atoms with Crippen LogP contribution in [0.1, 0.15) is 18.4 Å². The topological polar surface area (TPSA) is 58.6 Å². The average Bonchev–Trinajstić information content (AvgIpc) is 2.95. The monoisotopic (exact) mass is 294 g/mol. The maximum atomic E-state index is 13.8. The predicted octanol–water partition coefficient (Wildman–Crippen LogP) is 1.71. The molecule has 0 aromatic heterocycles. The van der Waals surface area contributed by atoms with E-state index in [-0.39, 0.29) is 11.8 Å². The SMILES string of the molecule is Cc1cccc(NC(=O)C(=O)N(C)CC2CCCO2)c1F. The van der Waals surface area contributed by atoms with Crippen molar-refractivity contribution in [3.8, 4) is 0 Å². The molecule has 5 nitrogen and oxygen atoms in total. The maximum Gasteiger partial charge on any atom is 0.313 e. The van der Waals surface area contributed by atoms with Gasteiger partial charge in [-0.25, -0.2) is 4.39 Å². The molecule has 1 aromatic rings. The van der Waals surface area contributed by atoms with Crippen LogP contribution in [0.4, 0.5) is 10.1 Å². The molecular weight excluding hydrogens is 275 g/mol. The van der Waals surface area contributed by atoms with Crippen molar-refractivity contribution in [3.05, 3.63) is 29.6 Å². The Kier molecular flexibility index (Phi) is 4.90. The van der Waals surface area contributed by atoms with Gasteiger partial charge in [-0.1, -0.05) is 12.1 Å². The summed E-state index contributed by atoms with van der Waals surface area (Å²) in [7, 11) is 1.54. The molecule has 1 aliphatic rings. The summed E-state index contributed by atoms with van der Waals surface area (Å²) >= 11 is 0. The summed E-state index contributed by atoms with van der Waals surface area (Å²) in [4.78, 5) is 25.2. The van der Waals surface area contributed by atoms with Gasteiger partial charge in [0.2, 0.25) is 0 Å². The van der Waals surface area contributed by atoms with E-state index in [1.807, 2.05) is 0 Å². The molecule has 1 unspecified atom stereocenters. The van der Waals surface area contributed by atoms with Crippen LogP contribution < -0.4 is 5.32 Å². The number of aryl methyl sites for hydroxylation is 1. The molecule has 1 N–H and O–H groups in total. The standard InChI is InChI=1S/C15H19FN2O3/c1-10-5-3-7-12(13(10)16)17-14(19)15(20)18(2)9-11-6-4-8-21-11/h3,5,7,11H,4,6,8-9H2,1-2H3,(H,17,19). The number of carbonyl (C=O) groups is 2. The van der Waals surface area contributed by atoms with E-state index in [0.29, 0.717) is 18.7 Å². The molecule has 1 heterocycles. The Morgan fingerprint density at radius 2 is 2.24 bits per heavy atom. The third-order valence-corrected chi connectivity index (χ3v) is 3.48. The van der Waals surface area contributed by atoms with E-state index in [2.05, 4.69) is 5.32 Å². The number of rotatable bonds is 3. The van der Waals surface area contributed by atoms with Crippen molar-refractivity contribution in [3.63, 3.8) is 0 Å². The van der Waals surface area contributed by atoms with Gasteiger partial charge in [-0.15, -0.1) is 0 Å². The Morgan fingerprint density at radius 3 is 2.90 bits per heavy atom. The Morgan fingerprint density at radius 1 is 1.48 bits per heavy atom. The first-order valence-electron chi connectivity index (χ1n) is 6.92. The van der Waals surface area contributed by atoms with Crippen LogP contribution in [0.3, 0.4) is 0 Å². The molecule has 1 aromatic carbocycles. The number of hydrogen-bond acceptors (Lipinski definition) is 3. The number of amides is 2. The number of nitrogens with zero attached hydrogens (tertiary/aromatic N) is 1. The molecule has 0 radical (unpaired) electrons. The first kappa shape index (κ1) is 15.4. The third kappa shape index (κ3) is 3.78. The second-order valence-electron chi connectivity index (χ2n) is 5.21. The molecule has 1 fully saturated rings. The van der Waals surface area contributed by atoms with Gasteiger partial charge in [0.25, 0.3) is 0 Å². The van der Waals surface area contributed by atoms with E-state index >= 15 is 0 Å². The Hall–Kier alpha value is -1.95. The quantitative estimate of drug-likeness (QED) is 0.863. The molecule has 2 rings (SSSR count). The first-order chi connectivity index (χ1) is 9.99. The van der Waals surface area contributed by atoms with Crippen LogP contribution in [0.15, 0.2) is 18.2 Å². The summed E-state index contributed by atoms with van der Waals surface area (Å²) in [5, 5.41) is 2.31. The molecule has 1 aliphatic heterocycles. The minimum atomic E-state index is -0.847. The number of likely N-dealkylation sites (N-methyl/N-ethyl adjacent to an activating group) is 1. The maximum absolute atomic E-state index is 13.8. The van der Waals surface area contributed by atoms with Gasteiger partial charge in [-0.3, -0.25) is 9.59 Å². The molecule has 0 aliphatic carbocycles. The molecule has 0 spiro atoms. The predicted molar refractivity (Wildman–Crippen MR) is 76.4 cm³/mol. The average molecular weight is 294 g/mol. The van der Waals surface area contributed by atoms with Crippen molar-refractivity contribution >= 4 is 17.5 Å². The van der Waals surface area contributed by atoms with E-state index < -0.39 is 17.6 Å². The number of hydrogen-bond donors (Lipinski definition) is 1. The lowest BCUT2D eigenvalue weighted by Gasteiger charge is -2.20. The van der Waals surface area contributed by atoms with Gasteiger partial charge >= 0.3 is 11.8 Å². The van der Waals surface area contributed by atoms with E-state index in [1.54, 1.807) is 19.1 Å². The highest BCUT2D eigenvalue weighted by Gasteiger charge is 2.24. The third-order valence-electron chi connectivity index (χ3n) is 3.48. The van der Waals surface area contributed by atoms with Crippen LogP contribution in [0.5, 0.6) is 0 Å². The van der Waals surface area contributed by atoms with Crippen LogP contribution >= 0.6 is 0 Å². The molecule has 1 atom stereocenters. The number of carbonyl (C=O) groups excluding carboxylic acids is 2. The van der Waals surface area contributed by atoms with Gasteiger partial charge in [-0.05, 0) is 31.4 Å². The highest BCUT2D eigenvalue weighted by molar-refractivity contribution is 6.39. The summed E-state index contributed by atoms with van der Waals surface area (Å²) in [6.07, 6.45) is 1.82. The summed E-state index contributed by atoms with van der Waals surface area (Å²) < 4.78 is 19.2. The molecule has 1 saturated heterocycles. The fraction of sp³-hybridized carbons (Fsp3) is 0.467. The largest absolute Gasteiger partial charge is 0.376 e. The van der Waals surface area contributed by atoms with Crippen LogP contribution in [0.2, 0.25) is 0 Å². The van der Waals surface area contributed by atoms with Crippen LogP contribution in [0.25, 0.3) is 0 Å². The Bertz CT molecular complexity index is 542. The lowest BCUT2D eigenvalue weighted by Crippen LogP contribution is -2.41. The lowest BCUT2D eigenvalue weighted by molar-refractivity contribution is -0.143. The van der Waals surface area contributed by atoms with Crippen molar-refractivity contribution in [2.45, 2.75) is 25.9 Å². The van der Waals surface area contributed by atoms with Crippen molar-refractivity contribution in [1.82, 2.24) is 4.90 Å². The van der Waals surface area contributed by atoms with Crippen LogP contribution in [-0.2, 0) is 14.3 Å². The van der Waals surface area contributed by atoms with Gasteiger partial charge in [0.05, 0.1) is 11.8 Å². The molecule has 21 heavy (non-hydrogen) atoms. The highest BCUT2D eigenvalue weighted by Crippen LogP contribution is 2.17. The molecule has 0 bridgehead atoms. The lowest BCUT2D eigenvalue weighted by atomic mass is 10.2. The van der Waals surface area contributed by atoms with Gasteiger partial charge in [0, 0.05) is 20.2 Å². The fourth-order valence-corrected chi connectivity index (χ4v) is 2.27. The smallest absolute Gasteiger partial charge is 0.313 e. The van der Waals surface area contributed by atoms with Crippen molar-refractivity contribution in [2.24, 2.45) is 0 Å².